The van der Waals surface area contributed by atoms with Gasteiger partial charge in [-0.15, -0.1) is 0 Å². The summed E-state index contributed by atoms with van der Waals surface area (Å²) in [5.41, 5.74) is 12.6. The van der Waals surface area contributed by atoms with Gasteiger partial charge in [0.25, 0.3) is 0 Å². The van der Waals surface area contributed by atoms with Crippen molar-refractivity contribution in [3.63, 3.8) is 0 Å². The summed E-state index contributed by atoms with van der Waals surface area (Å²) in [4.78, 5) is 0. The fourth-order valence-electron chi connectivity index (χ4n) is 12.7. The van der Waals surface area contributed by atoms with Crippen molar-refractivity contribution in [2.45, 2.75) is 13.8 Å². The Morgan fingerprint density at radius 2 is 0.562 bits per heavy atom. The molecule has 0 bridgehead atoms. The monoisotopic (exact) mass is 1290 g/mol. The molecule has 0 radical (unpaired) electrons. The zero-order chi connectivity index (χ0) is 65.6. The minimum atomic E-state index is -1.43. The first kappa shape index (κ1) is 62.7. The van der Waals surface area contributed by atoms with E-state index in [1.165, 1.54) is 131 Å². The Hall–Kier alpha value is -12.1. The van der Waals surface area contributed by atoms with E-state index in [0.29, 0.717) is 5.46 Å². The van der Waals surface area contributed by atoms with Crippen molar-refractivity contribution < 1.29 is 10.0 Å². The summed E-state index contributed by atoms with van der Waals surface area (Å²) < 4.78 is 1.14. The van der Waals surface area contributed by atoms with E-state index in [4.69, 9.17) is 0 Å². The molecule has 0 amide bonds. The van der Waals surface area contributed by atoms with Crippen molar-refractivity contribution in [3.8, 4) is 115 Å². The molecule has 0 fully saturated rings. The lowest BCUT2D eigenvalue weighted by atomic mass is 9.79. The van der Waals surface area contributed by atoms with E-state index in [1.54, 1.807) is 26.0 Å². The van der Waals surface area contributed by atoms with E-state index in [9.17, 15) is 10.0 Å². The molecule has 0 heterocycles. The number of hydrogen-bond acceptors (Lipinski definition) is 2. The second-order valence-corrected chi connectivity index (χ2v) is 23.8. The van der Waals surface area contributed by atoms with Gasteiger partial charge >= 0.3 is 7.12 Å². The fourth-order valence-corrected chi connectivity index (χ4v) is 13.3. The molecule has 2 nitrogen and oxygen atoms in total. The van der Waals surface area contributed by atoms with E-state index in [2.05, 4.69) is 348 Å². The molecule has 2 N–H and O–H groups in total. The van der Waals surface area contributed by atoms with Gasteiger partial charge in [0, 0.05) is 4.47 Å². The predicted octanol–water partition coefficient (Wildman–Crippen LogP) is 22.1. The number of halogens is 1. The zero-order valence-corrected chi connectivity index (χ0v) is 54.5. The van der Waals surface area contributed by atoms with Gasteiger partial charge in [-0.25, -0.2) is 0 Å². The van der Waals surface area contributed by atoms with Gasteiger partial charge in [0.1, 0.15) is 0 Å². The van der Waals surface area contributed by atoms with E-state index in [1.807, 2.05) is 30.3 Å². The molecule has 16 aromatic carbocycles. The van der Waals surface area contributed by atoms with E-state index < -0.39 is 7.12 Å². The summed E-state index contributed by atoms with van der Waals surface area (Å²) in [6.45, 7) is 3.44. The SMILES string of the molecule is Brc1cc2cc(-c3ccccc3)c3ccccc3c2c2ccccc12.CC#CC#CC#CC#CC#CC.OB(O)c1cccc(-c2ccc3ccccc3c2)c1.c1ccc(-c2cc3cc(-c4cccc(-c5ccc6ccccc6c5)c4)c4ccccc4c3c3ccccc23)cc1. The molecule has 0 aromatic heterocycles. The van der Waals surface area contributed by atoms with Crippen molar-refractivity contribution >= 4 is 115 Å². The van der Waals surface area contributed by atoms with Gasteiger partial charge in [0.05, 0.1) is 0 Å². The summed E-state index contributed by atoms with van der Waals surface area (Å²) in [6, 6.07) is 112. The second-order valence-electron chi connectivity index (χ2n) is 22.9. The Morgan fingerprint density at radius 1 is 0.240 bits per heavy atom. The van der Waals surface area contributed by atoms with Crippen molar-refractivity contribution in [2.75, 3.05) is 0 Å². The molecule has 0 unspecified atom stereocenters. The summed E-state index contributed by atoms with van der Waals surface area (Å²) in [5.74, 6) is 25.6. The molecule has 16 aromatic rings. The lowest BCUT2D eigenvalue weighted by Crippen LogP contribution is -2.29. The molecule has 4 heteroatoms. The predicted molar refractivity (Wildman–Crippen MR) is 414 cm³/mol. The van der Waals surface area contributed by atoms with Crippen molar-refractivity contribution in [1.29, 1.82) is 0 Å². The number of rotatable bonds is 6. The van der Waals surface area contributed by atoms with Crippen LogP contribution in [0.1, 0.15) is 13.8 Å². The average molecular weight is 1290 g/mol. The van der Waals surface area contributed by atoms with Crippen LogP contribution in [0.4, 0.5) is 0 Å². The van der Waals surface area contributed by atoms with Gasteiger partial charge in [0.15, 0.2) is 0 Å². The van der Waals surface area contributed by atoms with Gasteiger partial charge in [0.2, 0.25) is 0 Å². The Morgan fingerprint density at radius 3 is 1.01 bits per heavy atom. The Labute approximate surface area is 569 Å². The van der Waals surface area contributed by atoms with Crippen LogP contribution in [0.3, 0.4) is 0 Å². The molecule has 0 saturated heterocycles. The van der Waals surface area contributed by atoms with Gasteiger partial charge in [-0.2, -0.15) is 0 Å². The van der Waals surface area contributed by atoms with Crippen LogP contribution in [0.2, 0.25) is 0 Å². The maximum Gasteiger partial charge on any atom is 0.488 e. The van der Waals surface area contributed by atoms with Crippen LogP contribution in [0, 0.1) is 59.2 Å². The molecule has 96 heavy (non-hydrogen) atoms. The first-order valence-corrected chi connectivity index (χ1v) is 32.5. The van der Waals surface area contributed by atoms with Crippen molar-refractivity contribution in [1.82, 2.24) is 0 Å². The molecule has 0 atom stereocenters. The summed E-state index contributed by atoms with van der Waals surface area (Å²) in [6.07, 6.45) is 0. The van der Waals surface area contributed by atoms with Gasteiger partial charge < -0.3 is 10.0 Å². The first-order chi connectivity index (χ1) is 47.3. The largest absolute Gasteiger partial charge is 0.488 e. The molecule has 0 aliphatic carbocycles. The Balaban J connectivity index is 0.000000127. The molecular formula is C92H60BBrO2. The maximum absolute atomic E-state index is 9.22. The Bertz CT molecular complexity index is 5910. The zero-order valence-electron chi connectivity index (χ0n) is 52.9. The van der Waals surface area contributed by atoms with Crippen LogP contribution in [0.25, 0.3) is 142 Å². The molecule has 0 spiro atoms. The molecule has 0 aliphatic heterocycles. The minimum Gasteiger partial charge on any atom is -0.423 e. The number of fused-ring (bicyclic) bond motifs is 12. The summed E-state index contributed by atoms with van der Waals surface area (Å²) in [7, 11) is -1.43. The molecule has 0 saturated carbocycles. The third kappa shape index (κ3) is 13.8. The highest BCUT2D eigenvalue weighted by Gasteiger charge is 2.17. The number of hydrogen-bond donors (Lipinski definition) is 2. The van der Waals surface area contributed by atoms with E-state index in [0.717, 1.165) is 15.6 Å². The highest BCUT2D eigenvalue weighted by atomic mass is 79.9. The van der Waals surface area contributed by atoms with Crippen molar-refractivity contribution in [2.24, 2.45) is 0 Å². The first-order valence-electron chi connectivity index (χ1n) is 31.7. The van der Waals surface area contributed by atoms with Gasteiger partial charge in [-0.05, 0) is 251 Å². The highest BCUT2D eigenvalue weighted by Crippen LogP contribution is 2.44. The second kappa shape index (κ2) is 29.6. The molecule has 0 aliphatic rings. The highest BCUT2D eigenvalue weighted by molar-refractivity contribution is 9.10. The fraction of sp³-hybridized carbons (Fsp3) is 0.0217. The Kier molecular flexibility index (Phi) is 19.4. The third-order valence-corrected chi connectivity index (χ3v) is 17.7. The van der Waals surface area contributed by atoms with E-state index in [-0.39, 0.29) is 0 Å². The summed E-state index contributed by atoms with van der Waals surface area (Å²) >= 11 is 3.76. The van der Waals surface area contributed by atoms with Crippen LogP contribution in [-0.2, 0) is 0 Å². The average Bonchev–Trinajstić information content (AvgIpc) is 0.743. The van der Waals surface area contributed by atoms with Crippen molar-refractivity contribution in [3.05, 3.63) is 320 Å². The van der Waals surface area contributed by atoms with Gasteiger partial charge in [-0.1, -0.05) is 301 Å². The lowest BCUT2D eigenvalue weighted by molar-refractivity contribution is 0.426. The smallest absolute Gasteiger partial charge is 0.423 e. The van der Waals surface area contributed by atoms with Crippen LogP contribution in [0.5, 0.6) is 0 Å². The topological polar surface area (TPSA) is 40.5 Å². The van der Waals surface area contributed by atoms with Gasteiger partial charge in [-0.3, -0.25) is 0 Å². The van der Waals surface area contributed by atoms with Crippen LogP contribution >= 0.6 is 15.9 Å². The minimum absolute atomic E-state index is 0.505. The third-order valence-electron chi connectivity index (χ3n) is 17.1. The van der Waals surface area contributed by atoms with Crippen LogP contribution in [0.15, 0.2) is 320 Å². The molecular weight excluding hydrogens is 1230 g/mol. The quantitative estimate of drug-likeness (QED) is 0.0990. The van der Waals surface area contributed by atoms with Crippen LogP contribution < -0.4 is 5.46 Å². The summed E-state index contributed by atoms with van der Waals surface area (Å²) in [5, 5.41) is 38.9. The maximum atomic E-state index is 9.22. The standard InChI is InChI=1S/C40H26.C24H15Br.C16H13BO2.C12H6/c1-2-12-28(13-3-1)38-25-33-26-39(35-18-7-9-20-37(35)40(33)36-19-8-6-17-34(36)38)32-16-10-15-30(24-32)31-22-21-27-11-4-5-14-29(27)23-31;25-23-15-17-14-22(16-8-2-1-3-9-16)18-10-4-6-12-20(18)24(17)21-13-7-5-11-19(21)23;18-17(19)16-7-3-6-14(11-16)15-9-8-12-4-1-2-5-13(12)10-15;1-3-5-7-9-11-12-10-8-6-4-2/h1-26H;1-15H;1-11,18-19H;1-2H3. The van der Waals surface area contributed by atoms with E-state index >= 15 is 0 Å². The van der Waals surface area contributed by atoms with Crippen LogP contribution in [-0.4, -0.2) is 17.2 Å². The lowest BCUT2D eigenvalue weighted by Gasteiger charge is -2.16. The molecule has 16 rings (SSSR count). The normalized spacial score (nSPS) is 10.3. The number of benzene rings is 16. The molecule has 450 valence electrons.